The minimum absolute atomic E-state index is 0.300. The van der Waals surface area contributed by atoms with Gasteiger partial charge >= 0.3 is 0 Å². The van der Waals surface area contributed by atoms with E-state index in [1.54, 1.807) is 12.5 Å². The third-order valence-electron chi connectivity index (χ3n) is 3.46. The van der Waals surface area contributed by atoms with Crippen LogP contribution >= 0.6 is 0 Å². The molecule has 4 nitrogen and oxygen atoms in total. The van der Waals surface area contributed by atoms with E-state index < -0.39 is 0 Å². The van der Waals surface area contributed by atoms with Gasteiger partial charge in [-0.2, -0.15) is 0 Å². The normalized spacial score (nSPS) is 17.8. The zero-order valence-corrected chi connectivity index (χ0v) is 10.3. The van der Waals surface area contributed by atoms with Crippen LogP contribution in [0.25, 0.3) is 0 Å². The Morgan fingerprint density at radius 1 is 1.50 bits per heavy atom. The summed E-state index contributed by atoms with van der Waals surface area (Å²) in [7, 11) is 1.95. The number of nitrogens with zero attached hydrogens (tertiary/aromatic N) is 2. The summed E-state index contributed by atoms with van der Waals surface area (Å²) in [4.78, 5) is 4.05. The highest BCUT2D eigenvalue weighted by atomic mass is 16.5. The number of benzene rings is 1. The third kappa shape index (κ3) is 1.99. The number of ether oxygens (including phenoxy) is 1. The standard InChI is InChI=1S/C14H16N2O2/c1-16-9-15-7-11(16)8-18-12-3-4-13-10(6-12)2-5-14(13)17/h3-4,6-7,9,14,17H,2,5,8H2,1H3/t14-/m1/s1. The molecular formula is C14H16N2O2. The summed E-state index contributed by atoms with van der Waals surface area (Å²) in [5, 5.41) is 9.74. The summed E-state index contributed by atoms with van der Waals surface area (Å²) in [5.41, 5.74) is 3.28. The Labute approximate surface area is 106 Å². The van der Waals surface area contributed by atoms with Gasteiger partial charge in [0.1, 0.15) is 12.4 Å². The van der Waals surface area contributed by atoms with Gasteiger partial charge in [-0.1, -0.05) is 6.07 Å². The van der Waals surface area contributed by atoms with Crippen molar-refractivity contribution in [2.75, 3.05) is 0 Å². The summed E-state index contributed by atoms with van der Waals surface area (Å²) in [5.74, 6) is 0.851. The Balaban J connectivity index is 1.73. The molecule has 0 amide bonds. The average Bonchev–Trinajstić information content (AvgIpc) is 2.94. The number of aromatic nitrogens is 2. The van der Waals surface area contributed by atoms with Gasteiger partial charge in [-0.25, -0.2) is 4.98 Å². The largest absolute Gasteiger partial charge is 0.487 e. The summed E-state index contributed by atoms with van der Waals surface area (Å²) < 4.78 is 7.69. The van der Waals surface area contributed by atoms with Crippen LogP contribution in [0.5, 0.6) is 5.75 Å². The Morgan fingerprint density at radius 3 is 3.17 bits per heavy atom. The molecule has 0 saturated carbocycles. The molecular weight excluding hydrogens is 228 g/mol. The van der Waals surface area contributed by atoms with E-state index in [1.807, 2.05) is 29.8 Å². The lowest BCUT2D eigenvalue weighted by Crippen LogP contribution is -2.01. The molecule has 0 bridgehead atoms. The molecule has 1 atom stereocenters. The van der Waals surface area contributed by atoms with E-state index in [1.165, 1.54) is 5.56 Å². The number of hydrogen-bond acceptors (Lipinski definition) is 3. The summed E-state index contributed by atoms with van der Waals surface area (Å²) in [6.07, 6.45) is 5.01. The van der Waals surface area contributed by atoms with E-state index in [0.717, 1.165) is 29.8 Å². The smallest absolute Gasteiger partial charge is 0.130 e. The molecule has 1 aromatic carbocycles. The first-order valence-electron chi connectivity index (χ1n) is 6.13. The maximum Gasteiger partial charge on any atom is 0.130 e. The van der Waals surface area contributed by atoms with Crippen LogP contribution in [-0.2, 0) is 20.1 Å². The predicted octanol–water partition coefficient (Wildman–Crippen LogP) is 1.98. The highest BCUT2D eigenvalue weighted by Gasteiger charge is 2.20. The molecule has 0 spiro atoms. The number of aliphatic hydroxyl groups is 1. The molecule has 2 aromatic rings. The Bertz CT molecular complexity index is 563. The number of aryl methyl sites for hydroxylation is 2. The lowest BCUT2D eigenvalue weighted by Gasteiger charge is -2.09. The fourth-order valence-electron chi connectivity index (χ4n) is 2.34. The van der Waals surface area contributed by atoms with Gasteiger partial charge in [-0.05, 0) is 36.1 Å². The molecule has 1 heterocycles. The number of rotatable bonds is 3. The van der Waals surface area contributed by atoms with E-state index >= 15 is 0 Å². The van der Waals surface area contributed by atoms with Crippen molar-refractivity contribution in [2.45, 2.75) is 25.6 Å². The van der Waals surface area contributed by atoms with Crippen LogP contribution in [0, 0.1) is 0 Å². The minimum atomic E-state index is -0.300. The SMILES string of the molecule is Cn1cncc1COc1ccc2c(c1)CC[C@H]2O. The van der Waals surface area contributed by atoms with Crippen molar-refractivity contribution < 1.29 is 9.84 Å². The first-order valence-corrected chi connectivity index (χ1v) is 6.13. The van der Waals surface area contributed by atoms with Crippen molar-refractivity contribution in [1.82, 2.24) is 9.55 Å². The lowest BCUT2D eigenvalue weighted by atomic mass is 10.1. The highest BCUT2D eigenvalue weighted by molar-refractivity contribution is 5.39. The van der Waals surface area contributed by atoms with Crippen LogP contribution in [0.2, 0.25) is 0 Å². The first kappa shape index (κ1) is 11.3. The average molecular weight is 244 g/mol. The molecule has 0 fully saturated rings. The quantitative estimate of drug-likeness (QED) is 0.898. The van der Waals surface area contributed by atoms with Crippen molar-refractivity contribution in [3.05, 3.63) is 47.5 Å². The second kappa shape index (κ2) is 4.46. The van der Waals surface area contributed by atoms with E-state index in [9.17, 15) is 5.11 Å². The zero-order valence-electron chi connectivity index (χ0n) is 10.3. The molecule has 0 saturated heterocycles. The molecule has 4 heteroatoms. The molecule has 1 aliphatic carbocycles. The molecule has 0 unspecified atom stereocenters. The fraction of sp³-hybridized carbons (Fsp3) is 0.357. The van der Waals surface area contributed by atoms with Gasteiger partial charge in [0.25, 0.3) is 0 Å². The van der Waals surface area contributed by atoms with Crippen LogP contribution in [0.4, 0.5) is 0 Å². The maximum absolute atomic E-state index is 9.74. The molecule has 18 heavy (non-hydrogen) atoms. The van der Waals surface area contributed by atoms with E-state index in [-0.39, 0.29) is 6.10 Å². The minimum Gasteiger partial charge on any atom is -0.487 e. The monoisotopic (exact) mass is 244 g/mol. The fourth-order valence-corrected chi connectivity index (χ4v) is 2.34. The van der Waals surface area contributed by atoms with Gasteiger partial charge < -0.3 is 14.4 Å². The van der Waals surface area contributed by atoms with Gasteiger partial charge in [-0.15, -0.1) is 0 Å². The van der Waals surface area contributed by atoms with Crippen molar-refractivity contribution in [3.8, 4) is 5.75 Å². The zero-order chi connectivity index (χ0) is 12.5. The van der Waals surface area contributed by atoms with Gasteiger partial charge in [0.15, 0.2) is 0 Å². The predicted molar refractivity (Wildman–Crippen MR) is 67.3 cm³/mol. The highest BCUT2D eigenvalue weighted by Crippen LogP contribution is 2.33. The molecule has 3 rings (SSSR count). The Kier molecular flexibility index (Phi) is 2.80. The first-order chi connectivity index (χ1) is 8.74. The Morgan fingerprint density at radius 2 is 2.39 bits per heavy atom. The van der Waals surface area contributed by atoms with Crippen LogP contribution in [0.3, 0.4) is 0 Å². The summed E-state index contributed by atoms with van der Waals surface area (Å²) in [6, 6.07) is 5.91. The van der Waals surface area contributed by atoms with Crippen LogP contribution < -0.4 is 4.74 Å². The van der Waals surface area contributed by atoms with Crippen molar-refractivity contribution in [2.24, 2.45) is 7.05 Å². The molecule has 0 radical (unpaired) electrons. The second-order valence-electron chi connectivity index (χ2n) is 4.70. The van der Waals surface area contributed by atoms with E-state index in [4.69, 9.17) is 4.74 Å². The molecule has 1 aliphatic rings. The lowest BCUT2D eigenvalue weighted by molar-refractivity contribution is 0.180. The third-order valence-corrected chi connectivity index (χ3v) is 3.46. The number of fused-ring (bicyclic) bond motifs is 1. The van der Waals surface area contributed by atoms with Gasteiger partial charge in [-0.3, -0.25) is 0 Å². The topological polar surface area (TPSA) is 47.3 Å². The number of imidazole rings is 1. The number of hydrogen-bond donors (Lipinski definition) is 1. The van der Waals surface area contributed by atoms with Crippen molar-refractivity contribution in [3.63, 3.8) is 0 Å². The van der Waals surface area contributed by atoms with Gasteiger partial charge in [0.05, 0.1) is 24.3 Å². The maximum atomic E-state index is 9.74. The molecule has 94 valence electrons. The Hall–Kier alpha value is -1.81. The second-order valence-corrected chi connectivity index (χ2v) is 4.70. The van der Waals surface area contributed by atoms with E-state index in [0.29, 0.717) is 6.61 Å². The molecule has 1 N–H and O–H groups in total. The van der Waals surface area contributed by atoms with Gasteiger partial charge in [0.2, 0.25) is 0 Å². The molecule has 1 aromatic heterocycles. The van der Waals surface area contributed by atoms with E-state index in [2.05, 4.69) is 4.98 Å². The molecule has 0 aliphatic heterocycles. The van der Waals surface area contributed by atoms with Gasteiger partial charge in [0, 0.05) is 7.05 Å². The van der Waals surface area contributed by atoms with Crippen molar-refractivity contribution >= 4 is 0 Å². The van der Waals surface area contributed by atoms with Crippen molar-refractivity contribution in [1.29, 1.82) is 0 Å². The van der Waals surface area contributed by atoms with Crippen LogP contribution in [0.1, 0.15) is 29.3 Å². The van der Waals surface area contributed by atoms with Crippen LogP contribution in [-0.4, -0.2) is 14.7 Å². The summed E-state index contributed by atoms with van der Waals surface area (Å²) in [6.45, 7) is 0.512. The number of aliphatic hydroxyl groups excluding tert-OH is 1. The van der Waals surface area contributed by atoms with Crippen LogP contribution in [0.15, 0.2) is 30.7 Å². The summed E-state index contributed by atoms with van der Waals surface area (Å²) >= 11 is 0.